The summed E-state index contributed by atoms with van der Waals surface area (Å²) in [6, 6.07) is 12.1. The number of alkyl halides is 6. The van der Waals surface area contributed by atoms with Crippen LogP contribution in [-0.2, 0) is 23.7 Å². The average Bonchev–Trinajstić information content (AvgIpc) is 3.34. The van der Waals surface area contributed by atoms with Crippen LogP contribution in [0.5, 0.6) is 0 Å². The Hall–Kier alpha value is -2.55. The van der Waals surface area contributed by atoms with Crippen molar-refractivity contribution in [2.24, 2.45) is 17.3 Å². The zero-order chi connectivity index (χ0) is 28.6. The third-order valence-electron chi connectivity index (χ3n) is 8.86. The molecule has 1 N–H and O–H groups in total. The van der Waals surface area contributed by atoms with E-state index in [9.17, 15) is 31.1 Å². The van der Waals surface area contributed by atoms with Gasteiger partial charge in [-0.2, -0.15) is 26.3 Å². The largest absolute Gasteiger partial charge is 0.416 e. The molecule has 0 radical (unpaired) electrons. The molecule has 1 aliphatic carbocycles. The lowest BCUT2D eigenvalue weighted by Gasteiger charge is -2.41. The minimum absolute atomic E-state index is 0.0333. The fourth-order valence-electron chi connectivity index (χ4n) is 6.54. The van der Waals surface area contributed by atoms with Gasteiger partial charge in [0.2, 0.25) is 5.91 Å². The third kappa shape index (κ3) is 6.44. The molecule has 214 valence electrons. The first-order valence-corrected chi connectivity index (χ1v) is 13.6. The standard InChI is InChI=1S/C30H36F6N2O/c1-19(2)28(27(39)37-17-21-13-23(29(31,32)33)15-24(14-21)30(34,35)36)11-9-25(16-28)38-12-10-26(20(3)18-38)22-7-5-4-6-8-22/h4-8,13-15,19-20,25-26H,9-12,16-18H2,1-3H3,(H,37,39)/t20-,25?,26?,28?/m0/s1. The summed E-state index contributed by atoms with van der Waals surface area (Å²) in [7, 11) is 0. The first-order valence-electron chi connectivity index (χ1n) is 13.6. The predicted molar refractivity (Wildman–Crippen MR) is 138 cm³/mol. The Morgan fingerprint density at radius 3 is 2.15 bits per heavy atom. The van der Waals surface area contributed by atoms with Gasteiger partial charge in [-0.1, -0.05) is 51.1 Å². The van der Waals surface area contributed by atoms with E-state index < -0.39 is 35.4 Å². The second kappa shape index (κ2) is 11.1. The quantitative estimate of drug-likeness (QED) is 0.372. The maximum absolute atomic E-state index is 13.5. The van der Waals surface area contributed by atoms with E-state index in [0.717, 1.165) is 25.9 Å². The van der Waals surface area contributed by atoms with Crippen molar-refractivity contribution in [3.05, 3.63) is 70.8 Å². The molecule has 2 aromatic rings. The third-order valence-corrected chi connectivity index (χ3v) is 8.86. The zero-order valence-corrected chi connectivity index (χ0v) is 22.5. The molecular formula is C30H36F6N2O. The highest BCUT2D eigenvalue weighted by Gasteiger charge is 2.49. The van der Waals surface area contributed by atoms with Gasteiger partial charge in [-0.25, -0.2) is 0 Å². The number of piperidine rings is 1. The number of rotatable bonds is 6. The van der Waals surface area contributed by atoms with Crippen molar-refractivity contribution >= 4 is 5.91 Å². The van der Waals surface area contributed by atoms with Gasteiger partial charge >= 0.3 is 12.4 Å². The molecular weight excluding hydrogens is 518 g/mol. The van der Waals surface area contributed by atoms with Gasteiger partial charge < -0.3 is 10.2 Å². The summed E-state index contributed by atoms with van der Waals surface area (Å²) in [6.07, 6.45) is -6.75. The molecule has 4 atom stereocenters. The first kappa shape index (κ1) is 29.4. The molecule has 4 rings (SSSR count). The zero-order valence-electron chi connectivity index (χ0n) is 22.5. The molecule has 1 heterocycles. The summed E-state index contributed by atoms with van der Waals surface area (Å²) in [5.74, 6) is 0.594. The number of nitrogens with one attached hydrogen (secondary N) is 1. The smallest absolute Gasteiger partial charge is 0.352 e. The Morgan fingerprint density at radius 1 is 1.00 bits per heavy atom. The molecule has 1 saturated carbocycles. The van der Waals surface area contributed by atoms with Crippen LogP contribution in [0.1, 0.15) is 74.6 Å². The van der Waals surface area contributed by atoms with E-state index in [4.69, 9.17) is 0 Å². The predicted octanol–water partition coefficient (Wildman–Crippen LogP) is 7.66. The highest BCUT2D eigenvalue weighted by Crippen LogP contribution is 2.48. The average molecular weight is 555 g/mol. The molecule has 9 heteroatoms. The van der Waals surface area contributed by atoms with Crippen LogP contribution in [0.15, 0.2) is 48.5 Å². The van der Waals surface area contributed by atoms with Crippen LogP contribution < -0.4 is 5.32 Å². The van der Waals surface area contributed by atoms with E-state index in [2.05, 4.69) is 41.4 Å². The Kier molecular flexibility index (Phi) is 8.41. The minimum Gasteiger partial charge on any atom is -0.352 e. The van der Waals surface area contributed by atoms with Gasteiger partial charge in [0.15, 0.2) is 0 Å². The van der Waals surface area contributed by atoms with E-state index in [-0.39, 0.29) is 29.5 Å². The van der Waals surface area contributed by atoms with Crippen molar-refractivity contribution < 1.29 is 31.1 Å². The van der Waals surface area contributed by atoms with Crippen LogP contribution in [0.25, 0.3) is 0 Å². The number of likely N-dealkylation sites (tertiary alicyclic amines) is 1. The van der Waals surface area contributed by atoms with Crippen molar-refractivity contribution in [1.82, 2.24) is 10.2 Å². The molecule has 0 bridgehead atoms. The topological polar surface area (TPSA) is 32.3 Å². The first-order chi connectivity index (χ1) is 18.2. The van der Waals surface area contributed by atoms with E-state index >= 15 is 0 Å². The summed E-state index contributed by atoms with van der Waals surface area (Å²) in [5.41, 5.74) is -2.37. The Morgan fingerprint density at radius 2 is 1.62 bits per heavy atom. The normalized spacial score (nSPS) is 26.7. The second-order valence-electron chi connectivity index (χ2n) is 11.6. The van der Waals surface area contributed by atoms with Crippen molar-refractivity contribution in [2.75, 3.05) is 13.1 Å². The molecule has 2 fully saturated rings. The molecule has 2 aromatic carbocycles. The fourth-order valence-corrected chi connectivity index (χ4v) is 6.54. The van der Waals surface area contributed by atoms with Gasteiger partial charge in [-0.05, 0) is 79.3 Å². The maximum Gasteiger partial charge on any atom is 0.416 e. The molecule has 1 amide bonds. The van der Waals surface area contributed by atoms with Gasteiger partial charge in [-0.15, -0.1) is 0 Å². The van der Waals surface area contributed by atoms with Crippen molar-refractivity contribution in [3.63, 3.8) is 0 Å². The number of halogens is 6. The number of benzene rings is 2. The molecule has 0 aromatic heterocycles. The molecule has 2 aliphatic rings. The highest BCUT2D eigenvalue weighted by atomic mass is 19.4. The summed E-state index contributed by atoms with van der Waals surface area (Å²) < 4.78 is 79.5. The lowest BCUT2D eigenvalue weighted by Crippen LogP contribution is -2.47. The van der Waals surface area contributed by atoms with Crippen LogP contribution in [0.3, 0.4) is 0 Å². The van der Waals surface area contributed by atoms with E-state index in [1.54, 1.807) is 0 Å². The van der Waals surface area contributed by atoms with Crippen molar-refractivity contribution in [3.8, 4) is 0 Å². The number of hydrogen-bond donors (Lipinski definition) is 1. The molecule has 3 unspecified atom stereocenters. The van der Waals surface area contributed by atoms with Gasteiger partial charge in [0, 0.05) is 19.1 Å². The van der Waals surface area contributed by atoms with Crippen molar-refractivity contribution in [2.45, 2.75) is 77.3 Å². The van der Waals surface area contributed by atoms with Crippen LogP contribution in [0.4, 0.5) is 26.3 Å². The SMILES string of the molecule is CC(C)C1(C(=O)NCc2cc(C(F)(F)F)cc(C(F)(F)F)c2)CCC(N2CCC(c3ccccc3)[C@@H](C)C2)C1. The minimum atomic E-state index is -4.93. The summed E-state index contributed by atoms with van der Waals surface area (Å²) >= 11 is 0. The van der Waals surface area contributed by atoms with Crippen molar-refractivity contribution in [1.29, 1.82) is 0 Å². The summed E-state index contributed by atoms with van der Waals surface area (Å²) in [5, 5.41) is 2.69. The molecule has 0 spiro atoms. The highest BCUT2D eigenvalue weighted by molar-refractivity contribution is 5.83. The number of amides is 1. The van der Waals surface area contributed by atoms with Crippen LogP contribution in [-0.4, -0.2) is 29.9 Å². The van der Waals surface area contributed by atoms with E-state index in [1.807, 2.05) is 19.9 Å². The van der Waals surface area contributed by atoms with Crippen LogP contribution in [0, 0.1) is 17.3 Å². The molecule has 39 heavy (non-hydrogen) atoms. The number of carbonyl (C=O) groups is 1. The van der Waals surface area contributed by atoms with Gasteiger partial charge in [0.05, 0.1) is 16.5 Å². The summed E-state index contributed by atoms with van der Waals surface area (Å²) in [4.78, 5) is 16.0. The molecule has 1 saturated heterocycles. The monoisotopic (exact) mass is 554 g/mol. The number of nitrogens with zero attached hydrogens (tertiary/aromatic N) is 1. The summed E-state index contributed by atoms with van der Waals surface area (Å²) in [6.45, 7) is 7.62. The lowest BCUT2D eigenvalue weighted by atomic mass is 9.74. The fraction of sp³-hybridized carbons (Fsp3) is 0.567. The Labute approximate surface area is 226 Å². The number of carbonyl (C=O) groups excluding carboxylic acids is 1. The molecule has 3 nitrogen and oxygen atoms in total. The maximum atomic E-state index is 13.5. The Bertz CT molecular complexity index is 1110. The molecule has 1 aliphatic heterocycles. The van der Waals surface area contributed by atoms with Gasteiger partial charge in [-0.3, -0.25) is 4.79 Å². The van der Waals surface area contributed by atoms with E-state index in [1.165, 1.54) is 5.56 Å². The van der Waals surface area contributed by atoms with Gasteiger partial charge in [0.25, 0.3) is 0 Å². The van der Waals surface area contributed by atoms with Crippen LogP contribution >= 0.6 is 0 Å². The van der Waals surface area contributed by atoms with E-state index in [0.29, 0.717) is 36.8 Å². The van der Waals surface area contributed by atoms with Gasteiger partial charge in [0.1, 0.15) is 0 Å². The second-order valence-corrected chi connectivity index (χ2v) is 11.6. The number of hydrogen-bond acceptors (Lipinski definition) is 2. The lowest BCUT2D eigenvalue weighted by molar-refractivity contribution is -0.143. The Balaban J connectivity index is 1.44. The van der Waals surface area contributed by atoms with Crippen LogP contribution in [0.2, 0.25) is 0 Å².